The lowest BCUT2D eigenvalue weighted by Gasteiger charge is -2.10. The first-order chi connectivity index (χ1) is 15.7. The van der Waals surface area contributed by atoms with Crippen molar-refractivity contribution >= 4 is 44.7 Å². The van der Waals surface area contributed by atoms with Crippen LogP contribution < -0.4 is 4.74 Å². The van der Waals surface area contributed by atoms with E-state index < -0.39 is 0 Å². The zero-order chi connectivity index (χ0) is 21.9. The van der Waals surface area contributed by atoms with E-state index in [1.165, 1.54) is 5.39 Å². The number of rotatable bonds is 6. The van der Waals surface area contributed by atoms with Crippen LogP contribution in [0.2, 0.25) is 5.02 Å². The van der Waals surface area contributed by atoms with E-state index in [-0.39, 0.29) is 5.88 Å². The summed E-state index contributed by atoms with van der Waals surface area (Å²) in [6, 6.07) is 29.0. The van der Waals surface area contributed by atoms with Crippen LogP contribution in [0.3, 0.4) is 0 Å². The molecule has 1 N–H and O–H groups in total. The Morgan fingerprint density at radius 3 is 2.41 bits per heavy atom. The number of azo groups is 1. The van der Waals surface area contributed by atoms with Gasteiger partial charge in [-0.2, -0.15) is 5.11 Å². The van der Waals surface area contributed by atoms with Gasteiger partial charge in [0.2, 0.25) is 5.88 Å². The number of nitrogens with zero attached hydrogens (tertiary/aromatic N) is 3. The van der Waals surface area contributed by atoms with Crippen molar-refractivity contribution in [1.82, 2.24) is 4.57 Å². The largest absolute Gasteiger partial charge is 0.493 e. The SMILES string of the molecule is Oc1c(N=Nc2ccc(Cl)cc2)c2ccccc2n1CCOc1ccc2ccccc2c1. The molecule has 4 aromatic carbocycles. The topological polar surface area (TPSA) is 59.1 Å². The number of ether oxygens (including phenoxy) is 1. The maximum atomic E-state index is 10.9. The molecule has 0 amide bonds. The fourth-order valence-electron chi connectivity index (χ4n) is 3.72. The number of aromatic hydroxyl groups is 1. The minimum atomic E-state index is 0.0611. The predicted molar refractivity (Wildman–Crippen MR) is 129 cm³/mol. The Bertz CT molecular complexity index is 1420. The highest BCUT2D eigenvalue weighted by molar-refractivity contribution is 6.30. The van der Waals surface area contributed by atoms with Gasteiger partial charge in [-0.1, -0.05) is 60.1 Å². The highest BCUT2D eigenvalue weighted by atomic mass is 35.5. The van der Waals surface area contributed by atoms with E-state index in [4.69, 9.17) is 16.3 Å². The lowest BCUT2D eigenvalue weighted by molar-refractivity contribution is 0.291. The molecule has 0 radical (unpaired) electrons. The van der Waals surface area contributed by atoms with Gasteiger partial charge in [0.15, 0.2) is 5.69 Å². The molecule has 5 nitrogen and oxygen atoms in total. The molecule has 6 heteroatoms. The van der Waals surface area contributed by atoms with Crippen molar-refractivity contribution in [3.63, 3.8) is 0 Å². The Morgan fingerprint density at radius 2 is 1.56 bits per heavy atom. The lowest BCUT2D eigenvalue weighted by Crippen LogP contribution is -2.07. The summed E-state index contributed by atoms with van der Waals surface area (Å²) < 4.78 is 7.77. The molecule has 5 aromatic rings. The first kappa shape index (κ1) is 20.1. The number of fused-ring (bicyclic) bond motifs is 2. The minimum Gasteiger partial charge on any atom is -0.493 e. The van der Waals surface area contributed by atoms with Crippen LogP contribution in [0.5, 0.6) is 11.6 Å². The first-order valence-corrected chi connectivity index (χ1v) is 10.7. The van der Waals surface area contributed by atoms with Crippen molar-refractivity contribution in [2.45, 2.75) is 6.54 Å². The zero-order valence-corrected chi connectivity index (χ0v) is 17.9. The number of aromatic nitrogens is 1. The van der Waals surface area contributed by atoms with Crippen LogP contribution in [0.15, 0.2) is 101 Å². The van der Waals surface area contributed by atoms with E-state index in [9.17, 15) is 5.11 Å². The van der Waals surface area contributed by atoms with E-state index in [0.717, 1.165) is 22.0 Å². The number of hydrogen-bond donors (Lipinski definition) is 1. The summed E-state index contributed by atoms with van der Waals surface area (Å²) in [7, 11) is 0. The second-order valence-corrected chi connectivity index (χ2v) is 7.81. The van der Waals surface area contributed by atoms with Gasteiger partial charge < -0.3 is 14.4 Å². The van der Waals surface area contributed by atoms with Crippen molar-refractivity contribution in [1.29, 1.82) is 0 Å². The molecule has 0 atom stereocenters. The van der Waals surface area contributed by atoms with Crippen LogP contribution in [0.4, 0.5) is 11.4 Å². The molecule has 0 saturated heterocycles. The van der Waals surface area contributed by atoms with Gasteiger partial charge in [0.1, 0.15) is 12.4 Å². The van der Waals surface area contributed by atoms with Gasteiger partial charge in [-0.3, -0.25) is 0 Å². The second-order valence-electron chi connectivity index (χ2n) is 7.37. The molecule has 5 rings (SSSR count). The molecule has 32 heavy (non-hydrogen) atoms. The summed E-state index contributed by atoms with van der Waals surface area (Å²) in [6.07, 6.45) is 0. The molecule has 1 aromatic heterocycles. The van der Waals surface area contributed by atoms with E-state index in [1.807, 2.05) is 54.6 Å². The van der Waals surface area contributed by atoms with Crippen molar-refractivity contribution in [2.75, 3.05) is 6.61 Å². The second kappa shape index (κ2) is 8.73. The van der Waals surface area contributed by atoms with Crippen LogP contribution in [0.25, 0.3) is 21.7 Å². The molecular formula is C26H20ClN3O2. The first-order valence-electron chi connectivity index (χ1n) is 10.3. The van der Waals surface area contributed by atoms with E-state index in [1.54, 1.807) is 28.8 Å². The fraction of sp³-hybridized carbons (Fsp3) is 0.0769. The van der Waals surface area contributed by atoms with Gasteiger partial charge in [0.25, 0.3) is 0 Å². The van der Waals surface area contributed by atoms with E-state index in [0.29, 0.717) is 29.5 Å². The molecule has 0 aliphatic rings. The van der Waals surface area contributed by atoms with Crippen molar-refractivity contribution in [2.24, 2.45) is 10.2 Å². The van der Waals surface area contributed by atoms with Gasteiger partial charge in [0.05, 0.1) is 17.7 Å². The Hall–Kier alpha value is -3.83. The molecule has 0 unspecified atom stereocenters. The Balaban J connectivity index is 1.38. The highest BCUT2D eigenvalue weighted by Crippen LogP contribution is 2.39. The summed E-state index contributed by atoms with van der Waals surface area (Å²) in [5.41, 5.74) is 1.96. The standard InChI is InChI=1S/C26H20ClN3O2/c27-20-10-12-21(13-11-20)28-29-25-23-7-3-4-8-24(23)30(26(25)31)15-16-32-22-14-9-18-5-1-2-6-19(18)17-22/h1-14,17,31H,15-16H2. The fourth-order valence-corrected chi connectivity index (χ4v) is 3.85. The molecule has 0 saturated carbocycles. The maximum Gasteiger partial charge on any atom is 0.220 e. The van der Waals surface area contributed by atoms with Crippen LogP contribution in [-0.4, -0.2) is 16.3 Å². The summed E-state index contributed by atoms with van der Waals surface area (Å²) in [6.45, 7) is 0.869. The predicted octanol–water partition coefficient (Wildman–Crippen LogP) is 7.65. The third kappa shape index (κ3) is 4.03. The molecule has 1 heterocycles. The van der Waals surface area contributed by atoms with Gasteiger partial charge in [0, 0.05) is 10.4 Å². The maximum absolute atomic E-state index is 10.9. The summed E-state index contributed by atoms with van der Waals surface area (Å²) in [5.74, 6) is 0.855. The molecule has 0 aliphatic carbocycles. The third-order valence-electron chi connectivity index (χ3n) is 5.31. The summed E-state index contributed by atoms with van der Waals surface area (Å²) in [4.78, 5) is 0. The monoisotopic (exact) mass is 441 g/mol. The molecule has 0 spiro atoms. The van der Waals surface area contributed by atoms with Crippen LogP contribution in [-0.2, 0) is 6.54 Å². The molecule has 0 fully saturated rings. The Kier molecular flexibility index (Phi) is 5.48. The number of para-hydroxylation sites is 1. The zero-order valence-electron chi connectivity index (χ0n) is 17.1. The summed E-state index contributed by atoms with van der Waals surface area (Å²) >= 11 is 5.93. The van der Waals surface area contributed by atoms with E-state index >= 15 is 0 Å². The minimum absolute atomic E-state index is 0.0611. The average Bonchev–Trinajstić information content (AvgIpc) is 3.09. The lowest BCUT2D eigenvalue weighted by atomic mass is 10.1. The number of halogens is 1. The summed E-state index contributed by atoms with van der Waals surface area (Å²) in [5, 5.41) is 23.3. The van der Waals surface area contributed by atoms with Crippen LogP contribution >= 0.6 is 11.6 Å². The normalized spacial score (nSPS) is 11.5. The molecule has 0 aliphatic heterocycles. The highest BCUT2D eigenvalue weighted by Gasteiger charge is 2.16. The smallest absolute Gasteiger partial charge is 0.220 e. The van der Waals surface area contributed by atoms with Gasteiger partial charge >= 0.3 is 0 Å². The number of benzene rings is 4. The quantitative estimate of drug-likeness (QED) is 0.275. The van der Waals surface area contributed by atoms with Gasteiger partial charge in [-0.25, -0.2) is 0 Å². The van der Waals surface area contributed by atoms with Crippen molar-refractivity contribution < 1.29 is 9.84 Å². The van der Waals surface area contributed by atoms with Crippen molar-refractivity contribution in [3.05, 3.63) is 96.0 Å². The number of hydrogen-bond acceptors (Lipinski definition) is 4. The van der Waals surface area contributed by atoms with E-state index in [2.05, 4.69) is 22.4 Å². The van der Waals surface area contributed by atoms with Crippen LogP contribution in [0.1, 0.15) is 0 Å². The molecular weight excluding hydrogens is 422 g/mol. The van der Waals surface area contributed by atoms with Crippen molar-refractivity contribution in [3.8, 4) is 11.6 Å². The molecule has 0 bridgehead atoms. The van der Waals surface area contributed by atoms with Crippen LogP contribution in [0, 0.1) is 0 Å². The third-order valence-corrected chi connectivity index (χ3v) is 5.57. The average molecular weight is 442 g/mol. The Morgan fingerprint density at radius 1 is 0.812 bits per heavy atom. The molecule has 158 valence electrons. The Labute approximate surface area is 190 Å². The van der Waals surface area contributed by atoms with Gasteiger partial charge in [-0.05, 0) is 53.2 Å². The van der Waals surface area contributed by atoms with Gasteiger partial charge in [-0.15, -0.1) is 5.11 Å².